The van der Waals surface area contributed by atoms with Gasteiger partial charge in [-0.3, -0.25) is 15.0 Å². The van der Waals surface area contributed by atoms with Gasteiger partial charge in [-0.05, 0) is 35.0 Å². The third-order valence-electron chi connectivity index (χ3n) is 6.12. The van der Waals surface area contributed by atoms with Crippen molar-refractivity contribution in [2.75, 3.05) is 0 Å². The number of hydrogen-bond donors (Lipinski definition) is 2. The number of thiocarbonyl (C=S) groups is 1. The predicted octanol–water partition coefficient (Wildman–Crippen LogP) is 2.61. The molecule has 0 aliphatic carbocycles. The SMILES string of the molecule is NC(=S)NN=c1c(=O)c(=P(c2ccccc2)(c2ccccc2)c2ccccc2)c(=O)c2ccccc12. The van der Waals surface area contributed by atoms with Crippen LogP contribution in [0.3, 0.4) is 0 Å². The standard InChI is InChI=1S/C29H22N3O2PS/c30-29(36)32-31-25-23-18-10-11-19-24(23)26(33)28(27(25)34)35(20-12-4-1-5-13-20,21-14-6-2-7-15-21)22-16-8-3-9-17-22/h1-19H,(H3,30,32,36). The van der Waals surface area contributed by atoms with E-state index in [-0.39, 0.29) is 20.8 Å². The highest BCUT2D eigenvalue weighted by Gasteiger charge is 2.29. The van der Waals surface area contributed by atoms with E-state index in [2.05, 4.69) is 10.5 Å². The first-order valence-corrected chi connectivity index (χ1v) is 13.5. The molecule has 0 aliphatic rings. The number of nitrogens with two attached hydrogens (primary N) is 1. The highest BCUT2D eigenvalue weighted by molar-refractivity contribution is 7.89. The molecule has 5 nitrogen and oxygen atoms in total. The molecule has 0 aromatic heterocycles. The summed E-state index contributed by atoms with van der Waals surface area (Å²) in [6.45, 7) is -2.94. The van der Waals surface area contributed by atoms with Gasteiger partial charge in [0.05, 0.1) is 4.94 Å². The molecule has 0 spiro atoms. The van der Waals surface area contributed by atoms with Crippen LogP contribution in [-0.4, -0.2) is 5.11 Å². The fourth-order valence-electron chi connectivity index (χ4n) is 4.67. The van der Waals surface area contributed by atoms with Gasteiger partial charge in [-0.25, -0.2) is 0 Å². The number of benzene rings is 5. The van der Waals surface area contributed by atoms with Crippen molar-refractivity contribution in [3.63, 3.8) is 0 Å². The summed E-state index contributed by atoms with van der Waals surface area (Å²) in [5.74, 6) is 0. The minimum Gasteiger partial charge on any atom is -0.375 e. The number of rotatable bonds is 4. The molecule has 36 heavy (non-hydrogen) atoms. The number of fused-ring (bicyclic) bond motifs is 1. The Hall–Kier alpha value is -4.12. The van der Waals surface area contributed by atoms with E-state index >= 15 is 0 Å². The van der Waals surface area contributed by atoms with Crippen LogP contribution in [0.1, 0.15) is 0 Å². The summed E-state index contributed by atoms with van der Waals surface area (Å²) in [4.78, 5) is 28.9. The lowest BCUT2D eigenvalue weighted by molar-refractivity contribution is 0.969. The monoisotopic (exact) mass is 507 g/mol. The summed E-state index contributed by atoms with van der Waals surface area (Å²) in [6.07, 6.45) is 0. The summed E-state index contributed by atoms with van der Waals surface area (Å²) in [5, 5.41) is 7.90. The lowest BCUT2D eigenvalue weighted by Gasteiger charge is -2.28. The van der Waals surface area contributed by atoms with E-state index in [1.54, 1.807) is 24.3 Å². The van der Waals surface area contributed by atoms with Gasteiger partial charge < -0.3 is 5.73 Å². The molecule has 0 saturated carbocycles. The molecule has 0 radical (unpaired) electrons. The second-order valence-corrected chi connectivity index (χ2v) is 11.9. The lowest BCUT2D eigenvalue weighted by Crippen LogP contribution is -2.39. The molecule has 0 heterocycles. The van der Waals surface area contributed by atoms with Crippen LogP contribution in [0.25, 0.3) is 10.8 Å². The van der Waals surface area contributed by atoms with Gasteiger partial charge in [0, 0.05) is 10.8 Å². The number of hydrogen-bond acceptors (Lipinski definition) is 4. The van der Waals surface area contributed by atoms with Gasteiger partial charge in [-0.2, -0.15) is 5.10 Å². The first kappa shape index (κ1) is 23.6. The molecule has 0 atom stereocenters. The summed E-state index contributed by atoms with van der Waals surface area (Å²) in [6, 6.07) is 36.4. The molecule has 176 valence electrons. The van der Waals surface area contributed by atoms with Crippen LogP contribution in [0.2, 0.25) is 0 Å². The van der Waals surface area contributed by atoms with Gasteiger partial charge in [-0.1, -0.05) is 115 Å². The molecule has 0 bridgehead atoms. The quantitative estimate of drug-likeness (QED) is 0.222. The van der Waals surface area contributed by atoms with E-state index in [4.69, 9.17) is 18.0 Å². The Morgan fingerprint density at radius 2 is 1.06 bits per heavy atom. The maximum atomic E-state index is 14.4. The number of nitrogens with one attached hydrogen (secondary N) is 1. The summed E-state index contributed by atoms with van der Waals surface area (Å²) >= 11 is 4.94. The second kappa shape index (κ2) is 9.86. The van der Waals surface area contributed by atoms with Crippen molar-refractivity contribution in [3.8, 4) is 0 Å². The van der Waals surface area contributed by atoms with E-state index in [1.165, 1.54) is 0 Å². The Kier molecular flexibility index (Phi) is 6.47. The highest BCUT2D eigenvalue weighted by Crippen LogP contribution is 2.45. The fourth-order valence-corrected chi connectivity index (χ4v) is 9.08. The maximum Gasteiger partial charge on any atom is 0.218 e. The first-order chi connectivity index (χ1) is 17.5. The summed E-state index contributed by atoms with van der Waals surface area (Å²) < 4.78 is 0. The average molecular weight is 508 g/mol. The van der Waals surface area contributed by atoms with Crippen LogP contribution in [0.4, 0.5) is 0 Å². The zero-order valence-electron chi connectivity index (χ0n) is 19.2. The Labute approximate surface area is 212 Å². The highest BCUT2D eigenvalue weighted by atomic mass is 32.1. The zero-order valence-corrected chi connectivity index (χ0v) is 20.9. The molecule has 0 fully saturated rings. The van der Waals surface area contributed by atoms with Crippen molar-refractivity contribution in [2.45, 2.75) is 0 Å². The topological polar surface area (TPSA) is 84.5 Å². The van der Waals surface area contributed by atoms with Crippen LogP contribution in [-0.2, 0) is 0 Å². The fraction of sp³-hybridized carbons (Fsp3) is 0. The van der Waals surface area contributed by atoms with Crippen molar-refractivity contribution in [3.05, 3.63) is 146 Å². The lowest BCUT2D eigenvalue weighted by atomic mass is 10.1. The van der Waals surface area contributed by atoms with Crippen molar-refractivity contribution in [2.24, 2.45) is 10.8 Å². The first-order valence-electron chi connectivity index (χ1n) is 11.3. The molecule has 3 N–H and O–H groups in total. The average Bonchev–Trinajstić information content (AvgIpc) is 2.92. The Morgan fingerprint density at radius 1 is 0.639 bits per heavy atom. The van der Waals surface area contributed by atoms with E-state index in [1.807, 2.05) is 91.0 Å². The predicted molar refractivity (Wildman–Crippen MR) is 153 cm³/mol. The molecule has 0 unspecified atom stereocenters. The van der Waals surface area contributed by atoms with E-state index < -0.39 is 12.3 Å². The zero-order chi connectivity index (χ0) is 25.1. The maximum absolute atomic E-state index is 14.4. The van der Waals surface area contributed by atoms with Gasteiger partial charge in [0.25, 0.3) is 0 Å². The van der Waals surface area contributed by atoms with Gasteiger partial charge in [0.2, 0.25) is 5.43 Å². The third kappa shape index (κ3) is 3.91. The summed E-state index contributed by atoms with van der Waals surface area (Å²) in [7, 11) is 0. The van der Waals surface area contributed by atoms with E-state index in [0.717, 1.165) is 15.9 Å². The Bertz CT molecular complexity index is 1730. The van der Waals surface area contributed by atoms with Crippen molar-refractivity contribution in [1.29, 1.82) is 0 Å². The van der Waals surface area contributed by atoms with Gasteiger partial charge >= 0.3 is 0 Å². The van der Waals surface area contributed by atoms with E-state index in [9.17, 15) is 9.59 Å². The van der Waals surface area contributed by atoms with Crippen molar-refractivity contribution in [1.82, 2.24) is 5.43 Å². The molecular formula is C29H22N3O2PS. The van der Waals surface area contributed by atoms with Gasteiger partial charge in [-0.15, -0.1) is 0 Å². The Balaban J connectivity index is 2.23. The molecule has 0 aliphatic heterocycles. The van der Waals surface area contributed by atoms with E-state index in [0.29, 0.717) is 10.8 Å². The molecule has 5 aromatic rings. The number of nitrogens with zero attached hydrogens (tertiary/aromatic N) is 1. The minimum atomic E-state index is -2.94. The molecule has 0 saturated heterocycles. The largest absolute Gasteiger partial charge is 0.375 e. The molecular weight excluding hydrogens is 485 g/mol. The molecule has 5 aromatic carbocycles. The van der Waals surface area contributed by atoms with Crippen molar-refractivity contribution < 1.29 is 0 Å². The second-order valence-electron chi connectivity index (χ2n) is 8.17. The van der Waals surface area contributed by atoms with Crippen LogP contribution in [0, 0.1) is 4.94 Å². The Morgan fingerprint density at radius 3 is 1.50 bits per heavy atom. The van der Waals surface area contributed by atoms with Gasteiger partial charge in [0.1, 0.15) is 5.36 Å². The smallest absolute Gasteiger partial charge is 0.218 e. The van der Waals surface area contributed by atoms with Crippen LogP contribution in [0.5, 0.6) is 0 Å². The van der Waals surface area contributed by atoms with Crippen LogP contribution >= 0.6 is 19.1 Å². The third-order valence-corrected chi connectivity index (χ3v) is 10.5. The van der Waals surface area contributed by atoms with Crippen LogP contribution in [0.15, 0.2) is 130 Å². The van der Waals surface area contributed by atoms with Crippen molar-refractivity contribution >= 4 is 50.9 Å². The normalized spacial score (nSPS) is 11.9. The van der Waals surface area contributed by atoms with Crippen LogP contribution < -0.4 is 43.3 Å². The molecule has 5 rings (SSSR count). The van der Waals surface area contributed by atoms with Gasteiger partial charge in [0.15, 0.2) is 10.5 Å². The summed E-state index contributed by atoms with van der Waals surface area (Å²) in [5.41, 5.74) is 7.45. The molecule has 7 heteroatoms. The molecule has 0 amide bonds. The minimum absolute atomic E-state index is 0.0681.